The fourth-order valence-electron chi connectivity index (χ4n) is 2.58. The van der Waals surface area contributed by atoms with E-state index in [-0.39, 0.29) is 12.3 Å². The van der Waals surface area contributed by atoms with Crippen LogP contribution in [0.1, 0.15) is 5.56 Å². The third-order valence-corrected chi connectivity index (χ3v) is 4.67. The van der Waals surface area contributed by atoms with Crippen LogP contribution < -0.4 is 9.47 Å². The number of fused-ring (bicyclic) bond motifs is 1. The molecule has 0 spiro atoms. The molecule has 0 radical (unpaired) electrons. The van der Waals surface area contributed by atoms with Crippen molar-refractivity contribution in [3.05, 3.63) is 58.8 Å². The molecule has 0 bridgehead atoms. The van der Waals surface area contributed by atoms with Crippen molar-refractivity contribution in [3.8, 4) is 11.5 Å². The van der Waals surface area contributed by atoms with Crippen molar-refractivity contribution in [2.45, 2.75) is 6.42 Å². The lowest BCUT2D eigenvalue weighted by atomic mass is 10.1. The topological polar surface area (TPSA) is 51.9 Å². The molecule has 0 aliphatic heterocycles. The largest absolute Gasteiger partial charge is 0.497 e. The van der Waals surface area contributed by atoms with Gasteiger partial charge in [0.1, 0.15) is 23.7 Å². The summed E-state index contributed by atoms with van der Waals surface area (Å²) in [4.78, 5) is 14.1. The smallest absolute Gasteiger partial charge is 0.226 e. The van der Waals surface area contributed by atoms with Gasteiger partial charge in [-0.2, -0.15) is 0 Å². The normalized spacial score (nSPS) is 10.7. The van der Waals surface area contributed by atoms with E-state index >= 15 is 0 Å². The summed E-state index contributed by atoms with van der Waals surface area (Å²) in [6.45, 7) is 0.950. The Morgan fingerprint density at radius 2 is 1.88 bits per heavy atom. The second-order valence-corrected chi connectivity index (χ2v) is 6.83. The van der Waals surface area contributed by atoms with Crippen molar-refractivity contribution in [2.75, 3.05) is 27.3 Å². The van der Waals surface area contributed by atoms with E-state index in [0.717, 1.165) is 26.9 Å². The summed E-state index contributed by atoms with van der Waals surface area (Å²) < 4.78 is 17.4. The SMILES string of the molecule is COc1ccc2c(CC(=O)N(C)CCOc3ccc(Br)cc3)coc2c1. The van der Waals surface area contributed by atoms with Crippen LogP contribution in [0.25, 0.3) is 11.0 Å². The molecule has 136 valence electrons. The minimum absolute atomic E-state index is 0.0166. The van der Waals surface area contributed by atoms with E-state index in [1.807, 2.05) is 42.5 Å². The lowest BCUT2D eigenvalue weighted by molar-refractivity contribution is -0.129. The Kier molecular flexibility index (Phi) is 5.83. The van der Waals surface area contributed by atoms with Crippen molar-refractivity contribution in [1.82, 2.24) is 4.90 Å². The van der Waals surface area contributed by atoms with Gasteiger partial charge in [-0.25, -0.2) is 0 Å². The number of ether oxygens (including phenoxy) is 2. The fraction of sp³-hybridized carbons (Fsp3) is 0.250. The highest BCUT2D eigenvalue weighted by atomic mass is 79.9. The van der Waals surface area contributed by atoms with E-state index in [4.69, 9.17) is 13.9 Å². The molecule has 26 heavy (non-hydrogen) atoms. The molecule has 0 saturated carbocycles. The van der Waals surface area contributed by atoms with Gasteiger partial charge in [-0.15, -0.1) is 0 Å². The standard InChI is InChI=1S/C20H20BrNO4/c1-22(9-10-25-16-5-3-15(21)4-6-16)20(23)11-14-13-26-19-12-17(24-2)7-8-18(14)19/h3-8,12-13H,9-11H2,1-2H3. The number of hydrogen-bond donors (Lipinski definition) is 0. The van der Waals surface area contributed by atoms with E-state index in [1.54, 1.807) is 25.3 Å². The molecule has 0 fully saturated rings. The molecule has 3 rings (SSSR count). The number of furan rings is 1. The molecule has 0 saturated heterocycles. The van der Waals surface area contributed by atoms with Crippen LogP contribution in [0.5, 0.6) is 11.5 Å². The zero-order valence-corrected chi connectivity index (χ0v) is 16.3. The van der Waals surface area contributed by atoms with Gasteiger partial charge in [-0.05, 0) is 36.4 Å². The number of benzene rings is 2. The monoisotopic (exact) mass is 417 g/mol. The fourth-order valence-corrected chi connectivity index (χ4v) is 2.85. The van der Waals surface area contributed by atoms with Gasteiger partial charge < -0.3 is 18.8 Å². The number of carbonyl (C=O) groups excluding carboxylic acids is 1. The van der Waals surface area contributed by atoms with E-state index < -0.39 is 0 Å². The molecule has 3 aromatic rings. The van der Waals surface area contributed by atoms with Crippen LogP contribution in [0.2, 0.25) is 0 Å². The van der Waals surface area contributed by atoms with Gasteiger partial charge in [-0.1, -0.05) is 15.9 Å². The summed E-state index contributed by atoms with van der Waals surface area (Å²) >= 11 is 3.39. The van der Waals surface area contributed by atoms with Crippen LogP contribution in [0.3, 0.4) is 0 Å². The number of halogens is 1. The maximum Gasteiger partial charge on any atom is 0.226 e. The zero-order valence-electron chi connectivity index (χ0n) is 14.7. The maximum atomic E-state index is 12.5. The highest BCUT2D eigenvalue weighted by Crippen LogP contribution is 2.26. The Morgan fingerprint density at radius 1 is 1.15 bits per heavy atom. The third-order valence-electron chi connectivity index (χ3n) is 4.14. The van der Waals surface area contributed by atoms with E-state index in [2.05, 4.69) is 15.9 Å². The first-order valence-corrected chi connectivity index (χ1v) is 9.02. The number of amides is 1. The molecule has 1 amide bonds. The maximum absolute atomic E-state index is 12.5. The summed E-state index contributed by atoms with van der Waals surface area (Å²) in [6.07, 6.45) is 1.92. The first-order valence-electron chi connectivity index (χ1n) is 8.23. The molecule has 2 aromatic carbocycles. The number of carbonyl (C=O) groups is 1. The summed E-state index contributed by atoms with van der Waals surface area (Å²) in [7, 11) is 3.39. The lowest BCUT2D eigenvalue weighted by Crippen LogP contribution is -2.32. The second kappa shape index (κ2) is 8.27. The van der Waals surface area contributed by atoms with Crippen LogP contribution in [-0.2, 0) is 11.2 Å². The predicted octanol–water partition coefficient (Wildman–Crippen LogP) is 4.28. The van der Waals surface area contributed by atoms with E-state index in [0.29, 0.717) is 18.7 Å². The lowest BCUT2D eigenvalue weighted by Gasteiger charge is -2.17. The van der Waals surface area contributed by atoms with Gasteiger partial charge in [-0.3, -0.25) is 4.79 Å². The molecule has 0 unspecified atom stereocenters. The zero-order chi connectivity index (χ0) is 18.5. The number of likely N-dealkylation sites (N-methyl/N-ethyl adjacent to an activating group) is 1. The Morgan fingerprint density at radius 3 is 2.62 bits per heavy atom. The van der Waals surface area contributed by atoms with Crippen molar-refractivity contribution in [1.29, 1.82) is 0 Å². The second-order valence-electron chi connectivity index (χ2n) is 5.92. The molecule has 0 aliphatic carbocycles. The third kappa shape index (κ3) is 4.38. The number of nitrogens with zero attached hydrogens (tertiary/aromatic N) is 1. The highest BCUT2D eigenvalue weighted by molar-refractivity contribution is 9.10. The minimum atomic E-state index is 0.0166. The van der Waals surface area contributed by atoms with Crippen LogP contribution in [0.15, 0.2) is 57.6 Å². The Bertz CT molecular complexity index is 888. The van der Waals surface area contributed by atoms with Gasteiger partial charge >= 0.3 is 0 Å². The molecule has 1 heterocycles. The van der Waals surface area contributed by atoms with Crippen LogP contribution in [0.4, 0.5) is 0 Å². The number of methoxy groups -OCH3 is 1. The van der Waals surface area contributed by atoms with Gasteiger partial charge in [0, 0.05) is 28.5 Å². The molecule has 0 aliphatic rings. The summed E-state index contributed by atoms with van der Waals surface area (Å²) in [5.41, 5.74) is 1.58. The Labute approximate surface area is 160 Å². The van der Waals surface area contributed by atoms with Crippen LogP contribution in [-0.4, -0.2) is 38.1 Å². The Hall–Kier alpha value is -2.47. The van der Waals surface area contributed by atoms with Crippen molar-refractivity contribution < 1.29 is 18.7 Å². The summed E-state index contributed by atoms with van der Waals surface area (Å²) in [6, 6.07) is 13.2. The van der Waals surface area contributed by atoms with E-state index in [1.165, 1.54) is 0 Å². The molecular weight excluding hydrogens is 398 g/mol. The van der Waals surface area contributed by atoms with Crippen molar-refractivity contribution in [2.24, 2.45) is 0 Å². The first-order chi connectivity index (χ1) is 12.6. The molecular formula is C20H20BrNO4. The van der Waals surface area contributed by atoms with Crippen molar-refractivity contribution in [3.63, 3.8) is 0 Å². The summed E-state index contributed by atoms with van der Waals surface area (Å²) in [5.74, 6) is 1.53. The van der Waals surface area contributed by atoms with Gasteiger partial charge in [0.05, 0.1) is 26.3 Å². The molecule has 5 nitrogen and oxygen atoms in total. The molecule has 0 atom stereocenters. The van der Waals surface area contributed by atoms with Crippen LogP contribution in [0, 0.1) is 0 Å². The van der Waals surface area contributed by atoms with E-state index in [9.17, 15) is 4.79 Å². The van der Waals surface area contributed by atoms with Gasteiger partial charge in [0.15, 0.2) is 0 Å². The molecule has 1 aromatic heterocycles. The quantitative estimate of drug-likeness (QED) is 0.575. The number of rotatable bonds is 7. The predicted molar refractivity (Wildman–Crippen MR) is 104 cm³/mol. The molecule has 0 N–H and O–H groups in total. The summed E-state index contributed by atoms with van der Waals surface area (Å²) in [5, 5.41) is 0.929. The average Bonchev–Trinajstić information content (AvgIpc) is 3.05. The van der Waals surface area contributed by atoms with Crippen LogP contribution >= 0.6 is 15.9 Å². The Balaban J connectivity index is 1.54. The number of hydrogen-bond acceptors (Lipinski definition) is 4. The molecule has 6 heteroatoms. The minimum Gasteiger partial charge on any atom is -0.497 e. The highest BCUT2D eigenvalue weighted by Gasteiger charge is 2.14. The van der Waals surface area contributed by atoms with Gasteiger partial charge in [0.2, 0.25) is 5.91 Å². The van der Waals surface area contributed by atoms with Crippen molar-refractivity contribution >= 4 is 32.8 Å². The average molecular weight is 418 g/mol. The van der Waals surface area contributed by atoms with Gasteiger partial charge in [0.25, 0.3) is 0 Å². The first kappa shape index (κ1) is 18.3.